The van der Waals surface area contributed by atoms with E-state index < -0.39 is 0 Å². The van der Waals surface area contributed by atoms with Crippen LogP contribution in [-0.2, 0) is 0 Å². The molecule has 0 atom stereocenters. The summed E-state index contributed by atoms with van der Waals surface area (Å²) in [6, 6.07) is 8.67. The second kappa shape index (κ2) is 5.54. The van der Waals surface area contributed by atoms with E-state index in [1.165, 1.54) is 24.1 Å². The van der Waals surface area contributed by atoms with Crippen molar-refractivity contribution < 1.29 is 0 Å². The van der Waals surface area contributed by atoms with Gasteiger partial charge in [0.1, 0.15) is 0 Å². The van der Waals surface area contributed by atoms with Gasteiger partial charge in [0.05, 0.1) is 5.54 Å². The monoisotopic (exact) mass is 260 g/mol. The van der Waals surface area contributed by atoms with Gasteiger partial charge < -0.3 is 10.6 Å². The molecule has 0 unspecified atom stereocenters. The van der Waals surface area contributed by atoms with Crippen molar-refractivity contribution in [2.45, 2.75) is 46.1 Å². The van der Waals surface area contributed by atoms with Crippen LogP contribution >= 0.6 is 0 Å². The molecule has 2 N–H and O–H groups in total. The van der Waals surface area contributed by atoms with E-state index in [0.717, 1.165) is 24.9 Å². The van der Waals surface area contributed by atoms with E-state index in [1.54, 1.807) is 0 Å². The summed E-state index contributed by atoms with van der Waals surface area (Å²) < 4.78 is 0. The van der Waals surface area contributed by atoms with Gasteiger partial charge >= 0.3 is 0 Å². The highest BCUT2D eigenvalue weighted by molar-refractivity contribution is 5.56. The lowest BCUT2D eigenvalue weighted by Crippen LogP contribution is -2.63. The van der Waals surface area contributed by atoms with Crippen molar-refractivity contribution in [3.8, 4) is 0 Å². The minimum atomic E-state index is 0.190. The SMILES string of the molecule is CCN(c1ccccc1C)C1(CN)CC(C(C)C)C1. The first kappa shape index (κ1) is 14.4. The van der Waals surface area contributed by atoms with Gasteiger partial charge in [-0.15, -0.1) is 0 Å². The lowest BCUT2D eigenvalue weighted by atomic mass is 9.63. The Morgan fingerprint density at radius 1 is 1.32 bits per heavy atom. The maximum Gasteiger partial charge on any atom is 0.0529 e. The third-order valence-corrected chi connectivity index (χ3v) is 4.90. The van der Waals surface area contributed by atoms with Crippen LogP contribution in [0.25, 0.3) is 0 Å². The molecule has 0 spiro atoms. The number of para-hydroxylation sites is 1. The Kier molecular flexibility index (Phi) is 4.19. The van der Waals surface area contributed by atoms with Crippen molar-refractivity contribution in [3.63, 3.8) is 0 Å². The predicted molar refractivity (Wildman–Crippen MR) is 83.5 cm³/mol. The number of hydrogen-bond donors (Lipinski definition) is 1. The largest absolute Gasteiger partial charge is 0.365 e. The Balaban J connectivity index is 2.24. The molecule has 0 amide bonds. The summed E-state index contributed by atoms with van der Waals surface area (Å²) in [6.45, 7) is 10.9. The third-order valence-electron chi connectivity index (χ3n) is 4.90. The van der Waals surface area contributed by atoms with Crippen LogP contribution in [0.5, 0.6) is 0 Å². The molecule has 2 rings (SSSR count). The number of nitrogens with zero attached hydrogens (tertiary/aromatic N) is 1. The van der Waals surface area contributed by atoms with E-state index in [-0.39, 0.29) is 5.54 Å². The Morgan fingerprint density at radius 3 is 2.42 bits per heavy atom. The minimum absolute atomic E-state index is 0.190. The highest BCUT2D eigenvalue weighted by atomic mass is 15.2. The molecule has 19 heavy (non-hydrogen) atoms. The van der Waals surface area contributed by atoms with Crippen molar-refractivity contribution in [2.24, 2.45) is 17.6 Å². The molecule has 106 valence electrons. The van der Waals surface area contributed by atoms with E-state index in [9.17, 15) is 0 Å². The summed E-state index contributed by atoms with van der Waals surface area (Å²) in [5.41, 5.74) is 9.05. The predicted octanol–water partition coefficient (Wildman–Crippen LogP) is 3.58. The van der Waals surface area contributed by atoms with Gasteiger partial charge in [0, 0.05) is 18.8 Å². The van der Waals surface area contributed by atoms with Gasteiger partial charge in [-0.1, -0.05) is 32.0 Å². The first-order valence-corrected chi connectivity index (χ1v) is 7.57. The molecule has 1 aromatic carbocycles. The molecule has 0 aliphatic heterocycles. The molecule has 2 nitrogen and oxygen atoms in total. The van der Waals surface area contributed by atoms with Gasteiger partial charge in [0.25, 0.3) is 0 Å². The van der Waals surface area contributed by atoms with Crippen LogP contribution in [0.4, 0.5) is 5.69 Å². The van der Waals surface area contributed by atoms with E-state index >= 15 is 0 Å². The lowest BCUT2D eigenvalue weighted by molar-refractivity contribution is 0.103. The summed E-state index contributed by atoms with van der Waals surface area (Å²) in [5, 5.41) is 0. The van der Waals surface area contributed by atoms with Crippen LogP contribution in [0, 0.1) is 18.8 Å². The van der Waals surface area contributed by atoms with Gasteiger partial charge in [-0.05, 0) is 50.2 Å². The maximum absolute atomic E-state index is 6.15. The van der Waals surface area contributed by atoms with Gasteiger partial charge in [0.15, 0.2) is 0 Å². The summed E-state index contributed by atoms with van der Waals surface area (Å²) in [5.74, 6) is 1.61. The molecule has 0 bridgehead atoms. The standard InChI is InChI=1S/C17H28N2/c1-5-19(16-9-7-6-8-14(16)4)17(12-18)10-15(11-17)13(2)3/h6-9,13,15H,5,10-12,18H2,1-4H3. The molecule has 1 fully saturated rings. The number of aryl methyl sites for hydroxylation is 1. The highest BCUT2D eigenvalue weighted by Crippen LogP contribution is 2.47. The van der Waals surface area contributed by atoms with Gasteiger partial charge in [-0.3, -0.25) is 0 Å². The van der Waals surface area contributed by atoms with Gasteiger partial charge in [-0.2, -0.15) is 0 Å². The first-order valence-electron chi connectivity index (χ1n) is 7.57. The molecule has 0 heterocycles. The summed E-state index contributed by atoms with van der Waals surface area (Å²) in [4.78, 5) is 2.54. The van der Waals surface area contributed by atoms with E-state index in [1.807, 2.05) is 0 Å². The second-order valence-electron chi connectivity index (χ2n) is 6.37. The molecule has 1 aromatic rings. The lowest BCUT2D eigenvalue weighted by Gasteiger charge is -2.56. The fourth-order valence-corrected chi connectivity index (χ4v) is 3.51. The summed E-state index contributed by atoms with van der Waals surface area (Å²) in [7, 11) is 0. The molecule has 0 saturated heterocycles. The number of anilines is 1. The fourth-order valence-electron chi connectivity index (χ4n) is 3.51. The molecule has 2 heteroatoms. The zero-order chi connectivity index (χ0) is 14.0. The van der Waals surface area contributed by atoms with Crippen molar-refractivity contribution in [2.75, 3.05) is 18.0 Å². The number of likely N-dealkylation sites (N-methyl/N-ethyl adjacent to an activating group) is 1. The fraction of sp³-hybridized carbons (Fsp3) is 0.647. The molecular weight excluding hydrogens is 232 g/mol. The zero-order valence-electron chi connectivity index (χ0n) is 12.8. The number of benzene rings is 1. The van der Waals surface area contributed by atoms with Crippen molar-refractivity contribution in [3.05, 3.63) is 29.8 Å². The molecule has 1 aliphatic rings. The molecular formula is C17H28N2. The van der Waals surface area contributed by atoms with Crippen LogP contribution < -0.4 is 10.6 Å². The summed E-state index contributed by atoms with van der Waals surface area (Å²) >= 11 is 0. The third kappa shape index (κ3) is 2.51. The molecule has 1 aliphatic carbocycles. The van der Waals surface area contributed by atoms with Crippen molar-refractivity contribution >= 4 is 5.69 Å². The quantitative estimate of drug-likeness (QED) is 0.876. The Morgan fingerprint density at radius 2 is 1.95 bits per heavy atom. The normalized spacial score (nSPS) is 26.3. The Bertz CT molecular complexity index is 419. The topological polar surface area (TPSA) is 29.3 Å². The summed E-state index contributed by atoms with van der Waals surface area (Å²) in [6.07, 6.45) is 2.48. The van der Waals surface area contributed by atoms with Crippen molar-refractivity contribution in [1.29, 1.82) is 0 Å². The maximum atomic E-state index is 6.15. The molecule has 0 aromatic heterocycles. The average Bonchev–Trinajstić information content (AvgIpc) is 2.34. The van der Waals surface area contributed by atoms with E-state index in [0.29, 0.717) is 0 Å². The van der Waals surface area contributed by atoms with Crippen LogP contribution in [0.15, 0.2) is 24.3 Å². The smallest absolute Gasteiger partial charge is 0.0529 e. The Hall–Kier alpha value is -1.02. The van der Waals surface area contributed by atoms with E-state index in [2.05, 4.69) is 56.9 Å². The van der Waals surface area contributed by atoms with Crippen LogP contribution in [0.3, 0.4) is 0 Å². The number of nitrogens with two attached hydrogens (primary N) is 1. The minimum Gasteiger partial charge on any atom is -0.365 e. The Labute approximate surface area is 118 Å². The van der Waals surface area contributed by atoms with Crippen LogP contribution in [0.2, 0.25) is 0 Å². The molecule has 0 radical (unpaired) electrons. The van der Waals surface area contributed by atoms with Crippen LogP contribution in [0.1, 0.15) is 39.2 Å². The number of hydrogen-bond acceptors (Lipinski definition) is 2. The zero-order valence-corrected chi connectivity index (χ0v) is 12.8. The van der Waals surface area contributed by atoms with Gasteiger partial charge in [0.2, 0.25) is 0 Å². The number of rotatable bonds is 5. The second-order valence-corrected chi connectivity index (χ2v) is 6.37. The average molecular weight is 260 g/mol. The van der Waals surface area contributed by atoms with Crippen LogP contribution in [-0.4, -0.2) is 18.6 Å². The van der Waals surface area contributed by atoms with Gasteiger partial charge in [-0.25, -0.2) is 0 Å². The molecule has 1 saturated carbocycles. The highest BCUT2D eigenvalue weighted by Gasteiger charge is 2.48. The first-order chi connectivity index (χ1) is 9.04. The van der Waals surface area contributed by atoms with Crippen molar-refractivity contribution in [1.82, 2.24) is 0 Å². The van der Waals surface area contributed by atoms with E-state index in [4.69, 9.17) is 5.73 Å².